The zero-order valence-corrected chi connectivity index (χ0v) is 16.3. The summed E-state index contributed by atoms with van der Waals surface area (Å²) in [4.78, 5) is 14.8. The number of rotatable bonds is 4. The zero-order valence-electron chi connectivity index (χ0n) is 12.6. The summed E-state index contributed by atoms with van der Waals surface area (Å²) in [6.07, 6.45) is 2.34. The molecule has 1 amide bonds. The molecule has 1 aliphatic carbocycles. The number of hydrogen-bond donors (Lipinski definition) is 0. The number of methoxy groups -OCH3 is 1. The van der Waals surface area contributed by atoms with Crippen LogP contribution in [0.1, 0.15) is 29.6 Å². The molecule has 1 aromatic carbocycles. The molecule has 1 aromatic rings. The third-order valence-electron chi connectivity index (χ3n) is 4.25. The van der Waals surface area contributed by atoms with Gasteiger partial charge in [-0.15, -0.1) is 0 Å². The van der Waals surface area contributed by atoms with E-state index in [0.717, 1.165) is 16.4 Å². The van der Waals surface area contributed by atoms with Crippen molar-refractivity contribution in [2.45, 2.75) is 31.3 Å². The smallest absolute Gasteiger partial charge is 0.258 e. The number of halogens is 2. The van der Waals surface area contributed by atoms with E-state index in [-0.39, 0.29) is 29.5 Å². The third kappa shape index (κ3) is 3.61. The second-order valence-electron chi connectivity index (χ2n) is 5.97. The van der Waals surface area contributed by atoms with Crippen molar-refractivity contribution in [2.75, 3.05) is 18.6 Å². The molecule has 126 valence electrons. The van der Waals surface area contributed by atoms with Crippen molar-refractivity contribution < 1.29 is 17.9 Å². The van der Waals surface area contributed by atoms with E-state index in [1.807, 2.05) is 0 Å². The summed E-state index contributed by atoms with van der Waals surface area (Å²) >= 11 is 8.24. The van der Waals surface area contributed by atoms with Gasteiger partial charge >= 0.3 is 0 Å². The lowest BCUT2D eigenvalue weighted by Crippen LogP contribution is -2.42. The Morgan fingerprint density at radius 2 is 2.00 bits per heavy atom. The first-order chi connectivity index (χ1) is 10.8. The Balaban J connectivity index is 1.95. The van der Waals surface area contributed by atoms with Gasteiger partial charge in [-0.05, 0) is 54.0 Å². The summed E-state index contributed by atoms with van der Waals surface area (Å²) in [5, 5.41) is 0.490. The van der Waals surface area contributed by atoms with Crippen molar-refractivity contribution in [3.8, 4) is 5.75 Å². The van der Waals surface area contributed by atoms with Crippen LogP contribution in [0.25, 0.3) is 0 Å². The van der Waals surface area contributed by atoms with E-state index < -0.39 is 9.84 Å². The van der Waals surface area contributed by atoms with Gasteiger partial charge in [0.1, 0.15) is 5.75 Å². The van der Waals surface area contributed by atoms with E-state index in [4.69, 9.17) is 16.3 Å². The van der Waals surface area contributed by atoms with Gasteiger partial charge < -0.3 is 9.64 Å². The van der Waals surface area contributed by atoms with Crippen LogP contribution in [-0.4, -0.2) is 49.9 Å². The molecular formula is C15H17ClINO4S. The summed E-state index contributed by atoms with van der Waals surface area (Å²) in [5.74, 6) is 0.481. The van der Waals surface area contributed by atoms with Crippen molar-refractivity contribution in [1.82, 2.24) is 4.90 Å². The largest absolute Gasteiger partial charge is 0.496 e. The second kappa shape index (κ2) is 6.40. The third-order valence-corrected chi connectivity index (χ3v) is 7.52. The van der Waals surface area contributed by atoms with Crippen LogP contribution in [0.5, 0.6) is 5.75 Å². The molecule has 1 atom stereocenters. The summed E-state index contributed by atoms with van der Waals surface area (Å²) < 4.78 is 29.7. The lowest BCUT2D eigenvalue weighted by Gasteiger charge is -2.29. The number of carbonyl (C=O) groups is 1. The molecule has 1 unspecified atom stereocenters. The first kappa shape index (κ1) is 17.3. The highest BCUT2D eigenvalue weighted by Gasteiger charge is 2.43. The lowest BCUT2D eigenvalue weighted by molar-refractivity contribution is 0.0677. The summed E-state index contributed by atoms with van der Waals surface area (Å²) in [6.45, 7) is 0. The van der Waals surface area contributed by atoms with E-state index in [1.165, 1.54) is 7.11 Å². The number of ether oxygens (including phenoxy) is 1. The SMILES string of the molecule is COc1cc(I)c(Cl)cc1C(=O)N(C1CC1)C1CCS(=O)(=O)C1. The first-order valence-electron chi connectivity index (χ1n) is 7.38. The van der Waals surface area contributed by atoms with Crippen molar-refractivity contribution in [2.24, 2.45) is 0 Å². The fourth-order valence-corrected chi connectivity index (χ4v) is 5.29. The maximum atomic E-state index is 13.1. The Kier molecular flexibility index (Phi) is 4.81. The molecule has 3 rings (SSSR count). The van der Waals surface area contributed by atoms with E-state index in [0.29, 0.717) is 22.8 Å². The fraction of sp³-hybridized carbons (Fsp3) is 0.533. The Morgan fingerprint density at radius 3 is 2.52 bits per heavy atom. The standard InChI is InChI=1S/C15H17ClINO4S/c1-22-14-7-13(17)12(16)6-11(14)15(19)18(9-2-3-9)10-4-5-23(20,21)8-10/h6-7,9-10H,2-5,8H2,1H3. The molecule has 8 heteroatoms. The maximum Gasteiger partial charge on any atom is 0.258 e. The van der Waals surface area contributed by atoms with Crippen molar-refractivity contribution in [3.05, 3.63) is 26.3 Å². The van der Waals surface area contributed by atoms with Crippen LogP contribution < -0.4 is 4.74 Å². The van der Waals surface area contributed by atoms with Gasteiger partial charge in [-0.1, -0.05) is 11.6 Å². The van der Waals surface area contributed by atoms with Gasteiger partial charge in [-0.3, -0.25) is 4.79 Å². The van der Waals surface area contributed by atoms with E-state index in [1.54, 1.807) is 17.0 Å². The van der Waals surface area contributed by atoms with Gasteiger partial charge in [0.25, 0.3) is 5.91 Å². The quantitative estimate of drug-likeness (QED) is 0.636. The molecule has 1 saturated heterocycles. The number of hydrogen-bond acceptors (Lipinski definition) is 4. The van der Waals surface area contributed by atoms with E-state index in [2.05, 4.69) is 22.6 Å². The topological polar surface area (TPSA) is 63.7 Å². The first-order valence-corrected chi connectivity index (χ1v) is 10.7. The van der Waals surface area contributed by atoms with Crippen molar-refractivity contribution >= 4 is 49.9 Å². The van der Waals surface area contributed by atoms with Gasteiger partial charge in [0, 0.05) is 15.7 Å². The highest BCUT2D eigenvalue weighted by Crippen LogP contribution is 2.36. The summed E-state index contributed by atoms with van der Waals surface area (Å²) in [6, 6.07) is 3.22. The monoisotopic (exact) mass is 469 g/mol. The van der Waals surface area contributed by atoms with Gasteiger partial charge in [-0.2, -0.15) is 0 Å². The summed E-state index contributed by atoms with van der Waals surface area (Å²) in [7, 11) is -1.53. The molecule has 5 nitrogen and oxygen atoms in total. The lowest BCUT2D eigenvalue weighted by atomic mass is 10.1. The van der Waals surface area contributed by atoms with E-state index in [9.17, 15) is 13.2 Å². The number of sulfone groups is 1. The highest BCUT2D eigenvalue weighted by molar-refractivity contribution is 14.1. The minimum atomic E-state index is -3.04. The van der Waals surface area contributed by atoms with Crippen LogP contribution in [-0.2, 0) is 9.84 Å². The molecular weight excluding hydrogens is 453 g/mol. The van der Waals surface area contributed by atoms with Crippen LogP contribution in [0.4, 0.5) is 0 Å². The molecule has 1 saturated carbocycles. The van der Waals surface area contributed by atoms with Crippen molar-refractivity contribution in [1.29, 1.82) is 0 Å². The number of benzene rings is 1. The predicted octanol–water partition coefficient (Wildman–Crippen LogP) is 2.74. The Bertz CT molecular complexity index is 748. The average Bonchev–Trinajstić information content (AvgIpc) is 3.25. The Morgan fingerprint density at radius 1 is 1.30 bits per heavy atom. The van der Waals surface area contributed by atoms with Crippen LogP contribution in [0.3, 0.4) is 0 Å². The predicted molar refractivity (Wildman–Crippen MR) is 97.0 cm³/mol. The highest BCUT2D eigenvalue weighted by atomic mass is 127. The van der Waals surface area contributed by atoms with Crippen LogP contribution in [0.15, 0.2) is 12.1 Å². The van der Waals surface area contributed by atoms with Crippen LogP contribution >= 0.6 is 34.2 Å². The molecule has 0 bridgehead atoms. The zero-order chi connectivity index (χ0) is 16.8. The minimum absolute atomic E-state index is 0.0512. The normalized spacial score (nSPS) is 22.8. The summed E-state index contributed by atoms with van der Waals surface area (Å²) in [5.41, 5.74) is 0.397. The van der Waals surface area contributed by atoms with Gasteiger partial charge in [0.15, 0.2) is 9.84 Å². The Labute approximate surface area is 154 Å². The minimum Gasteiger partial charge on any atom is -0.496 e. The Hall–Kier alpha value is -0.540. The number of nitrogens with zero attached hydrogens (tertiary/aromatic N) is 1. The van der Waals surface area contributed by atoms with Crippen molar-refractivity contribution in [3.63, 3.8) is 0 Å². The molecule has 1 aliphatic heterocycles. The molecule has 0 spiro atoms. The molecule has 0 radical (unpaired) electrons. The molecule has 1 heterocycles. The van der Waals surface area contributed by atoms with Crippen LogP contribution in [0.2, 0.25) is 5.02 Å². The molecule has 2 fully saturated rings. The van der Waals surface area contributed by atoms with Crippen LogP contribution in [0, 0.1) is 3.57 Å². The molecule has 0 N–H and O–H groups in total. The number of carbonyl (C=O) groups excluding carboxylic acids is 1. The number of amides is 1. The average molecular weight is 470 g/mol. The molecule has 0 aromatic heterocycles. The molecule has 2 aliphatic rings. The van der Waals surface area contributed by atoms with Gasteiger partial charge in [-0.25, -0.2) is 8.42 Å². The second-order valence-corrected chi connectivity index (χ2v) is 9.77. The maximum absolute atomic E-state index is 13.1. The fourth-order valence-electron chi connectivity index (χ4n) is 2.98. The van der Waals surface area contributed by atoms with Gasteiger partial charge in [0.05, 0.1) is 29.2 Å². The molecule has 23 heavy (non-hydrogen) atoms. The van der Waals surface area contributed by atoms with E-state index >= 15 is 0 Å². The van der Waals surface area contributed by atoms with Gasteiger partial charge in [0.2, 0.25) is 0 Å².